The maximum atomic E-state index is 11.1. The fourth-order valence-electron chi connectivity index (χ4n) is 1.83. The molecular formula is C10H20N2O3. The van der Waals surface area contributed by atoms with Gasteiger partial charge in [-0.05, 0) is 20.4 Å². The second-order valence-electron chi connectivity index (χ2n) is 4.27. The monoisotopic (exact) mass is 216 g/mol. The molecule has 0 aromatic rings. The lowest BCUT2D eigenvalue weighted by Crippen LogP contribution is -2.55. The number of carboxylic acid groups (broad SMARTS) is 1. The minimum atomic E-state index is -0.872. The molecule has 1 rings (SSSR count). The highest BCUT2D eigenvalue weighted by molar-refractivity contribution is 5.78. The third kappa shape index (κ3) is 2.90. The Morgan fingerprint density at radius 3 is 2.80 bits per heavy atom. The summed E-state index contributed by atoms with van der Waals surface area (Å²) in [6, 6.07) is 0. The van der Waals surface area contributed by atoms with Crippen LogP contribution in [0.25, 0.3) is 0 Å². The number of carboxylic acids is 1. The van der Waals surface area contributed by atoms with Gasteiger partial charge < -0.3 is 15.2 Å². The summed E-state index contributed by atoms with van der Waals surface area (Å²) < 4.78 is 5.24. The van der Waals surface area contributed by atoms with Gasteiger partial charge in [0.15, 0.2) is 0 Å². The average Bonchev–Trinajstić information content (AvgIpc) is 2.65. The molecule has 0 amide bonds. The number of nitrogens with one attached hydrogen (secondary N) is 1. The van der Waals surface area contributed by atoms with Gasteiger partial charge in [-0.25, -0.2) is 0 Å². The fraction of sp³-hybridized carbons (Fsp3) is 0.900. The van der Waals surface area contributed by atoms with Gasteiger partial charge in [0.05, 0.1) is 6.10 Å². The molecule has 0 spiro atoms. The van der Waals surface area contributed by atoms with Crippen molar-refractivity contribution in [2.75, 3.05) is 33.8 Å². The molecular weight excluding hydrogens is 196 g/mol. The second-order valence-corrected chi connectivity index (χ2v) is 4.27. The zero-order chi connectivity index (χ0) is 11.5. The lowest BCUT2D eigenvalue weighted by molar-refractivity contribution is -0.144. The van der Waals surface area contributed by atoms with E-state index in [0.29, 0.717) is 6.54 Å². The van der Waals surface area contributed by atoms with Gasteiger partial charge in [0.2, 0.25) is 0 Å². The summed E-state index contributed by atoms with van der Waals surface area (Å²) in [5, 5.41) is 12.0. The summed E-state index contributed by atoms with van der Waals surface area (Å²) >= 11 is 0. The third-order valence-electron chi connectivity index (χ3n) is 3.13. The number of ether oxygens (including phenoxy) is 1. The Balaban J connectivity index is 2.50. The van der Waals surface area contributed by atoms with Crippen molar-refractivity contribution in [2.24, 2.45) is 0 Å². The van der Waals surface area contributed by atoms with Gasteiger partial charge in [0.1, 0.15) is 5.54 Å². The van der Waals surface area contributed by atoms with Crippen molar-refractivity contribution >= 4 is 5.97 Å². The molecule has 0 aliphatic carbocycles. The lowest BCUT2D eigenvalue weighted by Gasteiger charge is -2.29. The number of likely N-dealkylation sites (N-methyl/N-ethyl adjacent to an activating group) is 1. The molecule has 0 saturated carbocycles. The van der Waals surface area contributed by atoms with Gasteiger partial charge in [0.25, 0.3) is 0 Å². The number of carbonyl (C=O) groups is 1. The van der Waals surface area contributed by atoms with Gasteiger partial charge in [-0.3, -0.25) is 9.69 Å². The van der Waals surface area contributed by atoms with Crippen molar-refractivity contribution in [3.05, 3.63) is 0 Å². The maximum Gasteiger partial charge on any atom is 0.324 e. The number of rotatable bonds is 5. The number of hydrogen-bond acceptors (Lipinski definition) is 4. The van der Waals surface area contributed by atoms with Crippen molar-refractivity contribution in [1.29, 1.82) is 0 Å². The summed E-state index contributed by atoms with van der Waals surface area (Å²) in [6.07, 6.45) is 1.23. The lowest BCUT2D eigenvalue weighted by atomic mass is 10.0. The van der Waals surface area contributed by atoms with E-state index < -0.39 is 11.5 Å². The van der Waals surface area contributed by atoms with E-state index in [9.17, 15) is 4.79 Å². The van der Waals surface area contributed by atoms with Gasteiger partial charge in [0, 0.05) is 26.7 Å². The minimum absolute atomic E-state index is 0.250. The molecule has 1 saturated heterocycles. The van der Waals surface area contributed by atoms with E-state index in [1.54, 1.807) is 21.1 Å². The van der Waals surface area contributed by atoms with Crippen LogP contribution in [0.1, 0.15) is 13.3 Å². The second kappa shape index (κ2) is 4.92. The highest BCUT2D eigenvalue weighted by Gasteiger charge is 2.35. The number of aliphatic carboxylic acids is 1. The minimum Gasteiger partial charge on any atom is -0.480 e. The molecule has 1 fully saturated rings. The van der Waals surface area contributed by atoms with Crippen LogP contribution < -0.4 is 5.32 Å². The van der Waals surface area contributed by atoms with Crippen molar-refractivity contribution in [3.63, 3.8) is 0 Å². The quantitative estimate of drug-likeness (QED) is 0.664. The zero-order valence-corrected chi connectivity index (χ0v) is 9.62. The van der Waals surface area contributed by atoms with Crippen LogP contribution >= 0.6 is 0 Å². The molecule has 15 heavy (non-hydrogen) atoms. The van der Waals surface area contributed by atoms with Gasteiger partial charge in [-0.1, -0.05) is 0 Å². The number of hydrogen-bond donors (Lipinski definition) is 2. The van der Waals surface area contributed by atoms with Crippen LogP contribution in [0, 0.1) is 0 Å². The topological polar surface area (TPSA) is 61.8 Å². The van der Waals surface area contributed by atoms with Crippen LogP contribution in [0.15, 0.2) is 0 Å². The summed E-state index contributed by atoms with van der Waals surface area (Å²) in [4.78, 5) is 13.2. The van der Waals surface area contributed by atoms with Crippen molar-refractivity contribution in [1.82, 2.24) is 10.2 Å². The predicted molar refractivity (Wildman–Crippen MR) is 57.0 cm³/mol. The molecule has 2 N–H and O–H groups in total. The first-order chi connectivity index (χ1) is 7.01. The Hall–Kier alpha value is -0.650. The van der Waals surface area contributed by atoms with Crippen LogP contribution in [0.2, 0.25) is 0 Å². The zero-order valence-electron chi connectivity index (χ0n) is 9.62. The van der Waals surface area contributed by atoms with Crippen LogP contribution in [0.5, 0.6) is 0 Å². The molecule has 0 aromatic carbocycles. The Kier molecular flexibility index (Phi) is 4.07. The largest absolute Gasteiger partial charge is 0.480 e. The summed E-state index contributed by atoms with van der Waals surface area (Å²) in [5.41, 5.74) is -0.872. The van der Waals surface area contributed by atoms with E-state index in [1.807, 2.05) is 0 Å². The Bertz CT molecular complexity index is 235. The van der Waals surface area contributed by atoms with Crippen molar-refractivity contribution < 1.29 is 14.6 Å². The molecule has 5 heteroatoms. The first-order valence-corrected chi connectivity index (χ1v) is 5.19. The third-order valence-corrected chi connectivity index (χ3v) is 3.13. The van der Waals surface area contributed by atoms with Gasteiger partial charge in [-0.2, -0.15) is 0 Å². The Morgan fingerprint density at radius 2 is 2.40 bits per heavy atom. The van der Waals surface area contributed by atoms with Crippen LogP contribution in [0.3, 0.4) is 0 Å². The normalized spacial score (nSPS) is 26.5. The highest BCUT2D eigenvalue weighted by atomic mass is 16.5. The van der Waals surface area contributed by atoms with E-state index in [4.69, 9.17) is 9.84 Å². The smallest absolute Gasteiger partial charge is 0.324 e. The highest BCUT2D eigenvalue weighted by Crippen LogP contribution is 2.15. The maximum absolute atomic E-state index is 11.1. The van der Waals surface area contributed by atoms with Crippen LogP contribution in [-0.2, 0) is 9.53 Å². The van der Waals surface area contributed by atoms with Crippen LogP contribution in [-0.4, -0.2) is 61.4 Å². The van der Waals surface area contributed by atoms with E-state index in [-0.39, 0.29) is 6.10 Å². The molecule has 0 bridgehead atoms. The fourth-order valence-corrected chi connectivity index (χ4v) is 1.83. The van der Waals surface area contributed by atoms with E-state index >= 15 is 0 Å². The first kappa shape index (κ1) is 12.4. The molecule has 0 aromatic heterocycles. The summed E-state index contributed by atoms with van der Waals surface area (Å²) in [7, 11) is 3.38. The van der Waals surface area contributed by atoms with Crippen molar-refractivity contribution in [2.45, 2.75) is 25.0 Å². The number of nitrogens with zero attached hydrogens (tertiary/aromatic N) is 1. The van der Waals surface area contributed by atoms with Gasteiger partial charge in [-0.15, -0.1) is 0 Å². The van der Waals surface area contributed by atoms with Gasteiger partial charge >= 0.3 is 5.97 Å². The Morgan fingerprint density at radius 1 is 1.73 bits per heavy atom. The summed E-state index contributed by atoms with van der Waals surface area (Å²) in [6.45, 7) is 3.94. The van der Waals surface area contributed by atoms with Crippen LogP contribution in [0.4, 0.5) is 0 Å². The molecule has 1 heterocycles. The van der Waals surface area contributed by atoms with Crippen molar-refractivity contribution in [3.8, 4) is 0 Å². The standard InChI is InChI=1S/C10H20N2O3/c1-10(11-2,9(13)14)7-12-5-4-8(6-12)15-3/h8,11H,4-7H2,1-3H3,(H,13,14). The van der Waals surface area contributed by atoms with E-state index in [0.717, 1.165) is 19.5 Å². The van der Waals surface area contributed by atoms with E-state index in [1.165, 1.54) is 0 Å². The SMILES string of the molecule is CNC(C)(CN1CCC(OC)C1)C(=O)O. The average molecular weight is 216 g/mol. The Labute approximate surface area is 90.4 Å². The number of likely N-dealkylation sites (tertiary alicyclic amines) is 1. The molecule has 2 unspecified atom stereocenters. The molecule has 0 radical (unpaired) electrons. The molecule has 5 nitrogen and oxygen atoms in total. The summed E-state index contributed by atoms with van der Waals surface area (Å²) in [5.74, 6) is -0.814. The predicted octanol–water partition coefficient (Wildman–Crippen LogP) is -0.230. The molecule has 1 aliphatic heterocycles. The molecule has 2 atom stereocenters. The molecule has 88 valence electrons. The molecule has 1 aliphatic rings. The first-order valence-electron chi connectivity index (χ1n) is 5.19. The number of methoxy groups -OCH3 is 1. The van der Waals surface area contributed by atoms with E-state index in [2.05, 4.69) is 10.2 Å².